The maximum atomic E-state index is 13.6. The normalized spacial score (nSPS) is 17.3. The molecule has 1 unspecified atom stereocenters. The molecule has 0 aromatic heterocycles. The Morgan fingerprint density at radius 1 is 0.871 bits per heavy atom. The van der Waals surface area contributed by atoms with Crippen molar-refractivity contribution < 1.29 is 35.8 Å². The summed E-state index contributed by atoms with van der Waals surface area (Å²) < 4.78 is 88.1. The summed E-state index contributed by atoms with van der Waals surface area (Å²) in [5, 5.41) is 0. The quantitative estimate of drug-likeness (QED) is 0.510. The van der Waals surface area contributed by atoms with Gasteiger partial charge in [0.2, 0.25) is 0 Å². The van der Waals surface area contributed by atoms with Crippen LogP contribution >= 0.6 is 0 Å². The fourth-order valence-corrected chi connectivity index (χ4v) is 3.42. The average molecular weight is 447 g/mol. The lowest BCUT2D eigenvalue weighted by Gasteiger charge is -2.48. The number of rotatable bonds is 5. The molecular weight excluding hydrogens is 424 g/mol. The lowest BCUT2D eigenvalue weighted by Crippen LogP contribution is -2.59. The first-order valence-electron chi connectivity index (χ1n) is 9.66. The van der Waals surface area contributed by atoms with E-state index >= 15 is 0 Å². The van der Waals surface area contributed by atoms with Gasteiger partial charge in [-0.3, -0.25) is 4.90 Å². The predicted molar refractivity (Wildman–Crippen MR) is 103 cm³/mol. The molecule has 0 spiro atoms. The molecule has 31 heavy (non-hydrogen) atoms. The number of hydrogen-bond donors (Lipinski definition) is 0. The van der Waals surface area contributed by atoms with Gasteiger partial charge in [0.15, 0.2) is 0 Å². The molecule has 1 saturated heterocycles. The van der Waals surface area contributed by atoms with Crippen molar-refractivity contribution in [2.45, 2.75) is 51.1 Å². The first-order chi connectivity index (χ1) is 14.2. The monoisotopic (exact) mass is 447 g/mol. The van der Waals surface area contributed by atoms with Crippen LogP contribution in [0, 0.1) is 0 Å². The van der Waals surface area contributed by atoms with Crippen LogP contribution in [0.4, 0.5) is 26.3 Å². The molecule has 1 aliphatic rings. The Labute approximate surface area is 176 Å². The minimum Gasteiger partial charge on any atom is -0.406 e. The fraction of sp³-hybridized carbons (Fsp3) is 0.455. The zero-order chi connectivity index (χ0) is 23.0. The largest absolute Gasteiger partial charge is 0.573 e. The molecule has 170 valence electrons. The number of likely N-dealkylation sites (tertiary alicyclic amines) is 1. The van der Waals surface area contributed by atoms with Gasteiger partial charge in [-0.2, -0.15) is 13.2 Å². The van der Waals surface area contributed by atoms with E-state index in [1.54, 1.807) is 0 Å². The van der Waals surface area contributed by atoms with Gasteiger partial charge in [-0.05, 0) is 50.1 Å². The van der Waals surface area contributed by atoms with Gasteiger partial charge >= 0.3 is 12.5 Å². The van der Waals surface area contributed by atoms with E-state index < -0.39 is 30.0 Å². The van der Waals surface area contributed by atoms with Crippen LogP contribution in [-0.2, 0) is 10.9 Å². The molecule has 0 bridgehead atoms. The van der Waals surface area contributed by atoms with Crippen LogP contribution in [0.5, 0.6) is 5.75 Å². The summed E-state index contributed by atoms with van der Waals surface area (Å²) in [6.07, 6.45) is -10.9. The van der Waals surface area contributed by atoms with Crippen molar-refractivity contribution in [1.82, 2.24) is 4.90 Å². The molecule has 0 N–H and O–H groups in total. The van der Waals surface area contributed by atoms with E-state index in [4.69, 9.17) is 4.74 Å². The molecule has 2 aromatic carbocycles. The van der Waals surface area contributed by atoms with Crippen LogP contribution in [-0.4, -0.2) is 36.0 Å². The highest BCUT2D eigenvalue weighted by Crippen LogP contribution is 2.40. The van der Waals surface area contributed by atoms with Gasteiger partial charge in [-0.15, -0.1) is 13.2 Å². The first kappa shape index (κ1) is 23.4. The average Bonchev–Trinajstić information content (AvgIpc) is 2.59. The van der Waals surface area contributed by atoms with Crippen molar-refractivity contribution in [2.75, 3.05) is 13.1 Å². The molecule has 1 aliphatic heterocycles. The van der Waals surface area contributed by atoms with E-state index in [1.807, 2.05) is 20.8 Å². The Hall–Kier alpha value is -2.26. The smallest absolute Gasteiger partial charge is 0.406 e. The zero-order valence-corrected chi connectivity index (χ0v) is 17.2. The van der Waals surface area contributed by atoms with Crippen molar-refractivity contribution in [3.63, 3.8) is 0 Å². The lowest BCUT2D eigenvalue weighted by atomic mass is 9.94. The molecule has 0 radical (unpaired) electrons. The van der Waals surface area contributed by atoms with E-state index in [9.17, 15) is 26.3 Å². The Bertz CT molecular complexity index is 881. The summed E-state index contributed by atoms with van der Waals surface area (Å²) in [6, 6.07) is 9.77. The Kier molecular flexibility index (Phi) is 6.30. The highest BCUT2D eigenvalue weighted by molar-refractivity contribution is 5.39. The summed E-state index contributed by atoms with van der Waals surface area (Å²) in [5.74, 6) is -0.457. The van der Waals surface area contributed by atoms with E-state index in [0.717, 1.165) is 18.2 Å². The number of ether oxygens (including phenoxy) is 2. The van der Waals surface area contributed by atoms with E-state index in [0.29, 0.717) is 18.7 Å². The van der Waals surface area contributed by atoms with Gasteiger partial charge < -0.3 is 9.47 Å². The molecule has 0 aliphatic carbocycles. The molecular formula is C22H23F6NO2. The molecule has 2 aromatic rings. The highest BCUT2D eigenvalue weighted by Gasteiger charge is 2.40. The lowest BCUT2D eigenvalue weighted by molar-refractivity contribution is -0.274. The Morgan fingerprint density at radius 2 is 1.45 bits per heavy atom. The second kappa shape index (κ2) is 8.35. The molecule has 1 atom stereocenters. The molecule has 3 nitrogen and oxygen atoms in total. The third-order valence-corrected chi connectivity index (χ3v) is 5.09. The van der Waals surface area contributed by atoms with Gasteiger partial charge in [-0.1, -0.05) is 30.3 Å². The molecule has 1 heterocycles. The predicted octanol–water partition coefficient (Wildman–Crippen LogP) is 6.19. The van der Waals surface area contributed by atoms with Gasteiger partial charge in [0.05, 0.1) is 11.7 Å². The number of alkyl halides is 6. The summed E-state index contributed by atoms with van der Waals surface area (Å²) in [4.78, 5) is 2.13. The van der Waals surface area contributed by atoms with Gasteiger partial charge in [0.1, 0.15) is 11.9 Å². The number of hydrogen-bond acceptors (Lipinski definition) is 3. The highest BCUT2D eigenvalue weighted by atomic mass is 19.4. The van der Waals surface area contributed by atoms with Crippen LogP contribution in [0.3, 0.4) is 0 Å². The van der Waals surface area contributed by atoms with Crippen molar-refractivity contribution in [2.24, 2.45) is 0 Å². The molecule has 1 fully saturated rings. The zero-order valence-electron chi connectivity index (χ0n) is 17.2. The van der Waals surface area contributed by atoms with Crippen LogP contribution in [0.25, 0.3) is 0 Å². The van der Waals surface area contributed by atoms with E-state index in [2.05, 4.69) is 9.64 Å². The third-order valence-electron chi connectivity index (χ3n) is 5.09. The minimum atomic E-state index is -4.86. The van der Waals surface area contributed by atoms with Crippen LogP contribution in [0.15, 0.2) is 48.5 Å². The SMILES string of the molecule is CC(C)(C)N1CC(OC(c2ccc(OC(F)(F)F)cc2)c2ccccc2C(F)(F)F)C1. The number of benzene rings is 2. The molecule has 0 saturated carbocycles. The Morgan fingerprint density at radius 3 is 1.97 bits per heavy atom. The molecule has 3 rings (SSSR count). The summed E-state index contributed by atoms with van der Waals surface area (Å²) in [7, 11) is 0. The van der Waals surface area contributed by atoms with Crippen LogP contribution in [0.1, 0.15) is 43.6 Å². The standard InChI is InChI=1S/C22H23F6NO2/c1-20(2,3)29-12-16(13-29)30-19(17-6-4-5-7-18(17)21(23,24)25)14-8-10-15(11-9-14)31-22(26,27)28/h4-11,16,19H,12-13H2,1-3H3. The van der Waals surface area contributed by atoms with E-state index in [-0.39, 0.29) is 17.2 Å². The van der Waals surface area contributed by atoms with Crippen molar-refractivity contribution in [3.8, 4) is 5.75 Å². The van der Waals surface area contributed by atoms with Crippen LogP contribution < -0.4 is 4.74 Å². The van der Waals surface area contributed by atoms with Gasteiger partial charge in [0, 0.05) is 18.6 Å². The van der Waals surface area contributed by atoms with Crippen molar-refractivity contribution >= 4 is 0 Å². The second-order valence-electron chi connectivity index (χ2n) is 8.42. The number of nitrogens with zero attached hydrogens (tertiary/aromatic N) is 1. The Balaban J connectivity index is 1.91. The van der Waals surface area contributed by atoms with E-state index in [1.165, 1.54) is 30.3 Å². The molecule has 0 amide bonds. The molecule has 9 heteroatoms. The minimum absolute atomic E-state index is 0.0892. The van der Waals surface area contributed by atoms with Gasteiger partial charge in [0.25, 0.3) is 0 Å². The van der Waals surface area contributed by atoms with Crippen molar-refractivity contribution in [1.29, 1.82) is 0 Å². The maximum absolute atomic E-state index is 13.6. The maximum Gasteiger partial charge on any atom is 0.573 e. The second-order valence-corrected chi connectivity index (χ2v) is 8.42. The summed E-state index contributed by atoms with van der Waals surface area (Å²) in [6.45, 7) is 7.17. The number of halogens is 6. The van der Waals surface area contributed by atoms with Gasteiger partial charge in [-0.25, -0.2) is 0 Å². The third kappa shape index (κ3) is 5.92. The topological polar surface area (TPSA) is 21.7 Å². The fourth-order valence-electron chi connectivity index (χ4n) is 3.42. The van der Waals surface area contributed by atoms with Crippen LogP contribution in [0.2, 0.25) is 0 Å². The summed E-state index contributed by atoms with van der Waals surface area (Å²) in [5.41, 5.74) is -0.729. The first-order valence-corrected chi connectivity index (χ1v) is 9.66. The summed E-state index contributed by atoms with van der Waals surface area (Å²) >= 11 is 0. The van der Waals surface area contributed by atoms with Crippen molar-refractivity contribution in [3.05, 3.63) is 65.2 Å².